The molecule has 1 heterocycles. The topological polar surface area (TPSA) is 68.6 Å². The summed E-state index contributed by atoms with van der Waals surface area (Å²) in [7, 11) is -2.48. The summed E-state index contributed by atoms with van der Waals surface area (Å²) in [5.41, 5.74) is 2.13. The normalized spacial score (nSPS) is 16.3. The zero-order valence-electron chi connectivity index (χ0n) is 18.4. The largest absolute Gasteiger partial charge is 0.453 e. The lowest BCUT2D eigenvalue weighted by Crippen LogP contribution is -2.36. The minimum Gasteiger partial charge on any atom is -0.453 e. The molecule has 0 saturated heterocycles. The average molecular weight is 576 g/mol. The number of rotatable bonds is 5. The second-order valence-corrected chi connectivity index (χ2v) is 10.9. The Morgan fingerprint density at radius 2 is 1.85 bits per heavy atom. The lowest BCUT2D eigenvalue weighted by Gasteiger charge is -2.30. The highest BCUT2D eigenvalue weighted by molar-refractivity contribution is 14.1. The molecule has 3 aromatic rings. The Kier molecular flexibility index (Phi) is 6.94. The summed E-state index contributed by atoms with van der Waals surface area (Å²) in [6, 6.07) is 15.6. The maximum Gasteiger partial charge on any atom is 0.410 e. The number of ether oxygens (including phenoxy) is 1. The molecule has 6 nitrogen and oxygen atoms in total. The smallest absolute Gasteiger partial charge is 0.410 e. The molecule has 4 rings (SSSR count). The number of halogens is 1. The van der Waals surface area contributed by atoms with Gasteiger partial charge in [0.25, 0.3) is 10.0 Å². The monoisotopic (exact) mass is 576 g/mol. The number of benzene rings is 2. The number of amides is 1. The van der Waals surface area contributed by atoms with Crippen molar-refractivity contribution in [3.63, 3.8) is 0 Å². The lowest BCUT2D eigenvalue weighted by molar-refractivity contribution is 0.111. The van der Waals surface area contributed by atoms with Gasteiger partial charge in [-0.3, -0.25) is 4.90 Å². The van der Waals surface area contributed by atoms with Crippen LogP contribution in [-0.4, -0.2) is 37.0 Å². The van der Waals surface area contributed by atoms with E-state index in [4.69, 9.17) is 4.74 Å². The van der Waals surface area contributed by atoms with E-state index in [-0.39, 0.29) is 10.9 Å². The molecule has 0 spiro atoms. The van der Waals surface area contributed by atoms with Crippen LogP contribution in [-0.2, 0) is 21.2 Å². The number of allylic oxidation sites excluding steroid dienone is 2. The Morgan fingerprint density at radius 3 is 2.55 bits per heavy atom. The Bertz CT molecular complexity index is 1340. The van der Waals surface area contributed by atoms with E-state index in [2.05, 4.69) is 22.6 Å². The van der Waals surface area contributed by atoms with Gasteiger partial charge in [-0.15, -0.1) is 0 Å². The number of methoxy groups -OCH3 is 1. The molecule has 0 bridgehead atoms. The number of para-hydroxylation sites is 1. The molecule has 0 radical (unpaired) electrons. The van der Waals surface area contributed by atoms with Crippen LogP contribution in [0.1, 0.15) is 30.6 Å². The van der Waals surface area contributed by atoms with E-state index in [1.54, 1.807) is 35.2 Å². The van der Waals surface area contributed by atoms with E-state index in [1.807, 2.05) is 49.4 Å². The number of hydrogen-bond acceptors (Lipinski definition) is 4. The van der Waals surface area contributed by atoms with Crippen LogP contribution in [0.5, 0.6) is 0 Å². The lowest BCUT2D eigenvalue weighted by atomic mass is 9.99. The number of hydrogen-bond donors (Lipinski definition) is 0. The van der Waals surface area contributed by atoms with Gasteiger partial charge in [0, 0.05) is 26.6 Å². The highest BCUT2D eigenvalue weighted by Crippen LogP contribution is 2.40. The van der Waals surface area contributed by atoms with Crippen molar-refractivity contribution in [1.82, 2.24) is 8.87 Å². The van der Waals surface area contributed by atoms with Crippen LogP contribution in [0, 0.1) is 0 Å². The Labute approximate surface area is 207 Å². The van der Waals surface area contributed by atoms with Crippen molar-refractivity contribution in [3.8, 4) is 0 Å². The first-order chi connectivity index (χ1) is 15.9. The summed E-state index contributed by atoms with van der Waals surface area (Å²) in [5.74, 6) is 0. The van der Waals surface area contributed by atoms with Crippen molar-refractivity contribution >= 4 is 49.6 Å². The Hall–Kier alpha value is -2.59. The third-order valence-electron chi connectivity index (χ3n) is 5.84. The fourth-order valence-corrected chi connectivity index (χ4v) is 6.28. The van der Waals surface area contributed by atoms with Crippen molar-refractivity contribution < 1.29 is 17.9 Å². The molecule has 2 aromatic carbocycles. The molecule has 0 aliphatic heterocycles. The zero-order chi connectivity index (χ0) is 23.6. The highest BCUT2D eigenvalue weighted by atomic mass is 127. The summed E-state index contributed by atoms with van der Waals surface area (Å²) in [5, 5.41) is 0.824. The predicted octanol–water partition coefficient (Wildman–Crippen LogP) is 5.83. The third-order valence-corrected chi connectivity index (χ3v) is 8.57. The fourth-order valence-electron chi connectivity index (χ4n) is 4.32. The van der Waals surface area contributed by atoms with E-state index in [9.17, 15) is 13.2 Å². The van der Waals surface area contributed by atoms with Crippen LogP contribution in [0.2, 0.25) is 0 Å². The maximum absolute atomic E-state index is 13.8. The molecule has 1 aliphatic carbocycles. The summed E-state index contributed by atoms with van der Waals surface area (Å²) in [4.78, 5) is 14.8. The van der Waals surface area contributed by atoms with Crippen LogP contribution >= 0.6 is 22.6 Å². The fraction of sp³-hybridized carbons (Fsp3) is 0.240. The van der Waals surface area contributed by atoms with Gasteiger partial charge in [-0.25, -0.2) is 17.2 Å². The van der Waals surface area contributed by atoms with Crippen LogP contribution in [0.25, 0.3) is 10.9 Å². The molecular weight excluding hydrogens is 551 g/mol. The van der Waals surface area contributed by atoms with Gasteiger partial charge in [0.1, 0.15) is 0 Å². The van der Waals surface area contributed by atoms with Gasteiger partial charge < -0.3 is 4.74 Å². The molecule has 0 saturated carbocycles. The quantitative estimate of drug-likeness (QED) is 0.283. The molecule has 0 N–H and O–H groups in total. The SMILES string of the molecule is C/C=C(\I)CN(C(=O)OC)C1CC=CCc2c1c1ccccc1n2S(=O)(=O)c1ccccc1. The molecule has 33 heavy (non-hydrogen) atoms. The van der Waals surface area contributed by atoms with Crippen molar-refractivity contribution in [2.45, 2.75) is 30.7 Å². The molecule has 8 heteroatoms. The van der Waals surface area contributed by atoms with Gasteiger partial charge in [0.2, 0.25) is 0 Å². The van der Waals surface area contributed by atoms with Gasteiger partial charge in [-0.05, 0) is 54.1 Å². The van der Waals surface area contributed by atoms with Crippen LogP contribution in [0.15, 0.2) is 81.3 Å². The van der Waals surface area contributed by atoms with Crippen LogP contribution in [0.4, 0.5) is 4.79 Å². The number of carbonyl (C=O) groups excluding carboxylic acids is 1. The molecule has 172 valence electrons. The highest BCUT2D eigenvalue weighted by Gasteiger charge is 2.35. The molecule has 1 aliphatic rings. The minimum atomic E-state index is -3.85. The van der Waals surface area contributed by atoms with Gasteiger partial charge in [0.15, 0.2) is 0 Å². The van der Waals surface area contributed by atoms with E-state index < -0.39 is 16.1 Å². The zero-order valence-corrected chi connectivity index (χ0v) is 21.4. The first-order valence-corrected chi connectivity index (χ1v) is 13.1. The van der Waals surface area contributed by atoms with Crippen molar-refractivity contribution in [3.05, 3.63) is 87.7 Å². The number of nitrogens with zero attached hydrogens (tertiary/aromatic N) is 2. The van der Waals surface area contributed by atoms with Crippen LogP contribution in [0.3, 0.4) is 0 Å². The maximum atomic E-state index is 13.8. The van der Waals surface area contributed by atoms with Gasteiger partial charge >= 0.3 is 6.09 Å². The first kappa shape index (κ1) is 23.6. The predicted molar refractivity (Wildman–Crippen MR) is 138 cm³/mol. The summed E-state index contributed by atoms with van der Waals surface area (Å²) in [6.07, 6.45) is 6.51. The molecule has 1 atom stereocenters. The van der Waals surface area contributed by atoms with Gasteiger partial charge in [0.05, 0.1) is 30.1 Å². The summed E-state index contributed by atoms with van der Waals surface area (Å²) < 4.78 is 35.2. The first-order valence-electron chi connectivity index (χ1n) is 10.6. The molecular formula is C25H25IN2O4S. The average Bonchev–Trinajstić information content (AvgIpc) is 3.02. The number of fused-ring (bicyclic) bond motifs is 3. The van der Waals surface area contributed by atoms with Crippen molar-refractivity contribution in [1.29, 1.82) is 0 Å². The number of carbonyl (C=O) groups is 1. The molecule has 1 unspecified atom stereocenters. The van der Waals surface area contributed by atoms with Crippen molar-refractivity contribution in [2.75, 3.05) is 13.7 Å². The second kappa shape index (κ2) is 9.72. The standard InChI is InChI=1S/C25H25IN2O4S/c1-3-18(26)17-27(25(29)32-2)22-15-9-10-16-23-24(22)20-13-7-8-14-21(20)28(23)33(30,31)19-11-5-4-6-12-19/h3-14,22H,15-17H2,1-2H3/b18-3-. The third kappa shape index (κ3) is 4.33. The van der Waals surface area contributed by atoms with E-state index in [0.717, 1.165) is 14.5 Å². The van der Waals surface area contributed by atoms with Crippen molar-refractivity contribution in [2.24, 2.45) is 0 Å². The number of aromatic nitrogens is 1. The second-order valence-electron chi connectivity index (χ2n) is 7.72. The molecule has 1 amide bonds. The minimum absolute atomic E-state index is 0.228. The van der Waals surface area contributed by atoms with Gasteiger partial charge in [-0.1, -0.05) is 54.6 Å². The summed E-state index contributed by atoms with van der Waals surface area (Å²) >= 11 is 2.21. The summed E-state index contributed by atoms with van der Waals surface area (Å²) in [6.45, 7) is 2.31. The molecule has 1 aromatic heterocycles. The molecule has 0 fully saturated rings. The van der Waals surface area contributed by atoms with Crippen LogP contribution < -0.4 is 0 Å². The Morgan fingerprint density at radius 1 is 1.15 bits per heavy atom. The van der Waals surface area contributed by atoms with Gasteiger partial charge in [-0.2, -0.15) is 0 Å². The van der Waals surface area contributed by atoms with E-state index >= 15 is 0 Å². The Balaban J connectivity index is 2.01. The van der Waals surface area contributed by atoms with E-state index in [0.29, 0.717) is 30.6 Å². The van der Waals surface area contributed by atoms with E-state index in [1.165, 1.54) is 11.1 Å².